The van der Waals surface area contributed by atoms with Crippen LogP contribution in [0, 0.1) is 5.41 Å². The van der Waals surface area contributed by atoms with Gasteiger partial charge in [-0.3, -0.25) is 28.8 Å². The number of aliphatic hydroxyl groups excluding tert-OH is 1. The summed E-state index contributed by atoms with van der Waals surface area (Å²) in [4.78, 5) is 73.9. The van der Waals surface area contributed by atoms with E-state index in [1.807, 2.05) is 24.3 Å². The Morgan fingerprint density at radius 2 is 1.85 bits per heavy atom. The fraction of sp³-hybridized carbons (Fsp3) is 0.513. The van der Waals surface area contributed by atoms with Crippen LogP contribution in [0.3, 0.4) is 0 Å². The summed E-state index contributed by atoms with van der Waals surface area (Å²) in [6.07, 6.45) is 0.649. The summed E-state index contributed by atoms with van der Waals surface area (Å²) in [5.41, 5.74) is 0.371. The summed E-state index contributed by atoms with van der Waals surface area (Å²) in [5, 5.41) is 17.1. The maximum Gasteiger partial charge on any atom is 0.327 e. The normalized spacial score (nSPS) is 26.5. The standard InChI is InChI=1S/C39H48N4O11/c1-38(2,3)53-30(46)16-14-27(21-44)41-35(47)25-12-8-9-23(17-25)19-40-37(49)39-18-28-31-32(51-22-50-31)34(39)54-43(33(39)36(48)52-28)20-26-11-7-6-10-24(26)13-15-29(45)42(4)5/h6-13,15,17,27-28,31-34,44H,14,16,18-22H2,1-5H3,(H,40,49)(H,41,47). The Bertz CT molecular complexity index is 1790. The molecule has 290 valence electrons. The number of nitrogens with zero attached hydrogens (tertiary/aromatic N) is 2. The highest BCUT2D eigenvalue weighted by Gasteiger charge is 2.74. The molecular formula is C39H48N4O11. The lowest BCUT2D eigenvalue weighted by atomic mass is 9.62. The highest BCUT2D eigenvalue weighted by Crippen LogP contribution is 2.55. The first-order chi connectivity index (χ1) is 25.7. The average Bonchev–Trinajstić information content (AvgIpc) is 3.76. The number of carbonyl (C=O) groups excluding carboxylic acids is 5. The number of nitrogens with one attached hydrogen (secondary N) is 2. The molecule has 15 heteroatoms. The third-order valence-electron chi connectivity index (χ3n) is 10.0. The molecule has 3 N–H and O–H groups in total. The van der Waals surface area contributed by atoms with Crippen LogP contribution < -0.4 is 10.6 Å². The molecule has 54 heavy (non-hydrogen) atoms. The molecule has 2 aromatic carbocycles. The Hall–Kier alpha value is -4.67. The predicted molar refractivity (Wildman–Crippen MR) is 192 cm³/mol. The van der Waals surface area contributed by atoms with Crippen LogP contribution in [-0.4, -0.2) is 114 Å². The number of likely N-dealkylation sites (N-methyl/N-ethyl adjacent to an activating group) is 1. The third kappa shape index (κ3) is 8.20. The molecule has 0 radical (unpaired) electrons. The van der Waals surface area contributed by atoms with Gasteiger partial charge in [0.1, 0.15) is 42.2 Å². The fourth-order valence-electron chi connectivity index (χ4n) is 7.48. The van der Waals surface area contributed by atoms with Crippen LogP contribution in [0.25, 0.3) is 6.08 Å². The molecule has 7 atom stereocenters. The zero-order valence-electron chi connectivity index (χ0n) is 31.1. The van der Waals surface area contributed by atoms with Crippen molar-refractivity contribution < 1.29 is 52.9 Å². The van der Waals surface area contributed by atoms with E-state index in [2.05, 4.69) is 10.6 Å². The smallest absolute Gasteiger partial charge is 0.327 e. The summed E-state index contributed by atoms with van der Waals surface area (Å²) >= 11 is 0. The number of rotatable bonds is 13. The van der Waals surface area contributed by atoms with Gasteiger partial charge in [0.2, 0.25) is 11.8 Å². The van der Waals surface area contributed by atoms with Crippen molar-refractivity contribution in [2.24, 2.45) is 5.41 Å². The van der Waals surface area contributed by atoms with Gasteiger partial charge in [-0.1, -0.05) is 36.4 Å². The minimum absolute atomic E-state index is 0.0221. The van der Waals surface area contributed by atoms with E-state index in [1.165, 1.54) is 16.0 Å². The molecule has 3 amide bonds. The van der Waals surface area contributed by atoms with Crippen LogP contribution in [0.4, 0.5) is 0 Å². The van der Waals surface area contributed by atoms with Gasteiger partial charge in [0.15, 0.2) is 6.04 Å². The zero-order chi connectivity index (χ0) is 38.8. The highest BCUT2D eigenvalue weighted by molar-refractivity contribution is 5.95. The second kappa shape index (κ2) is 16.0. The number of amides is 3. The molecule has 4 fully saturated rings. The topological polar surface area (TPSA) is 182 Å². The number of fused-ring (bicyclic) bond motifs is 4. The molecule has 0 spiro atoms. The highest BCUT2D eigenvalue weighted by atomic mass is 16.8. The SMILES string of the molecule is CN(C)C(=O)C=Cc1ccccc1CN1OC2C3OCOC3C3CC2(C(=O)NCc2cccc(C(=O)NC(CO)CCC(=O)OC(C)(C)C)c2)C1C(=O)O3. The van der Waals surface area contributed by atoms with Crippen LogP contribution in [0.2, 0.25) is 0 Å². The molecule has 7 unspecified atom stereocenters. The monoisotopic (exact) mass is 748 g/mol. The summed E-state index contributed by atoms with van der Waals surface area (Å²) < 4.78 is 23.0. The van der Waals surface area contributed by atoms with Gasteiger partial charge >= 0.3 is 11.9 Å². The van der Waals surface area contributed by atoms with E-state index in [-0.39, 0.29) is 51.7 Å². The molecule has 15 nitrogen and oxygen atoms in total. The molecule has 0 aromatic heterocycles. The second-order valence-electron chi connectivity index (χ2n) is 15.2. The molecule has 2 bridgehead atoms. The van der Waals surface area contributed by atoms with Crippen LogP contribution in [0.15, 0.2) is 54.6 Å². The van der Waals surface area contributed by atoms with Gasteiger partial charge in [0, 0.05) is 45.1 Å². The number of aliphatic hydroxyl groups is 1. The summed E-state index contributed by atoms with van der Waals surface area (Å²) in [7, 11) is 3.32. The molecule has 4 aliphatic rings. The average molecular weight is 749 g/mol. The largest absolute Gasteiger partial charge is 0.460 e. The van der Waals surface area contributed by atoms with E-state index >= 15 is 0 Å². The number of hydrogen-bond donors (Lipinski definition) is 3. The van der Waals surface area contributed by atoms with Crippen molar-refractivity contribution in [3.8, 4) is 0 Å². The van der Waals surface area contributed by atoms with Crippen LogP contribution >= 0.6 is 0 Å². The van der Waals surface area contributed by atoms with Gasteiger partial charge in [-0.25, -0.2) is 0 Å². The zero-order valence-corrected chi connectivity index (χ0v) is 31.1. The molecule has 2 aromatic rings. The number of esters is 2. The lowest BCUT2D eigenvalue weighted by molar-refractivity contribution is -0.201. The molecule has 1 aliphatic carbocycles. The van der Waals surface area contributed by atoms with Gasteiger partial charge < -0.3 is 39.6 Å². The lowest BCUT2D eigenvalue weighted by Gasteiger charge is -2.48. The van der Waals surface area contributed by atoms with E-state index < -0.39 is 71.3 Å². The summed E-state index contributed by atoms with van der Waals surface area (Å²) in [5.74, 6) is -2.12. The Morgan fingerprint density at radius 3 is 2.59 bits per heavy atom. The van der Waals surface area contributed by atoms with Crippen molar-refractivity contribution in [3.63, 3.8) is 0 Å². The number of carbonyl (C=O) groups is 5. The predicted octanol–water partition coefficient (Wildman–Crippen LogP) is 1.86. The molecule has 3 saturated heterocycles. The van der Waals surface area contributed by atoms with Crippen molar-refractivity contribution >= 4 is 35.7 Å². The first-order valence-electron chi connectivity index (χ1n) is 18.1. The van der Waals surface area contributed by atoms with Gasteiger partial charge in [-0.05, 0) is 62.1 Å². The van der Waals surface area contributed by atoms with Crippen LogP contribution in [0.5, 0.6) is 0 Å². The molecule has 3 heterocycles. The number of hydroxylamine groups is 2. The first kappa shape index (κ1) is 39.0. The van der Waals surface area contributed by atoms with Gasteiger partial charge in [-0.2, -0.15) is 5.06 Å². The van der Waals surface area contributed by atoms with Gasteiger partial charge in [0.05, 0.1) is 19.2 Å². The van der Waals surface area contributed by atoms with Gasteiger partial charge in [0.25, 0.3) is 5.91 Å². The van der Waals surface area contributed by atoms with Gasteiger partial charge in [-0.15, -0.1) is 0 Å². The van der Waals surface area contributed by atoms with Crippen molar-refractivity contribution in [2.45, 2.75) is 95.2 Å². The van der Waals surface area contributed by atoms with E-state index in [1.54, 1.807) is 65.2 Å². The summed E-state index contributed by atoms with van der Waals surface area (Å²) in [6, 6.07) is 12.3. The van der Waals surface area contributed by atoms with Crippen molar-refractivity contribution in [1.29, 1.82) is 0 Å². The maximum atomic E-state index is 14.5. The molecule has 1 saturated carbocycles. The summed E-state index contributed by atoms with van der Waals surface area (Å²) in [6.45, 7) is 5.02. The Labute approximate surface area is 313 Å². The van der Waals surface area contributed by atoms with Crippen molar-refractivity contribution in [3.05, 3.63) is 76.9 Å². The Morgan fingerprint density at radius 1 is 1.09 bits per heavy atom. The Balaban J connectivity index is 1.18. The Kier molecular flexibility index (Phi) is 11.5. The fourth-order valence-corrected chi connectivity index (χ4v) is 7.48. The minimum atomic E-state index is -1.39. The van der Waals surface area contributed by atoms with E-state index in [4.69, 9.17) is 23.8 Å². The van der Waals surface area contributed by atoms with E-state index in [0.29, 0.717) is 11.1 Å². The quantitative estimate of drug-likeness (QED) is 0.200. The van der Waals surface area contributed by atoms with Crippen LogP contribution in [0.1, 0.15) is 67.1 Å². The first-order valence-corrected chi connectivity index (χ1v) is 18.1. The second-order valence-corrected chi connectivity index (χ2v) is 15.2. The van der Waals surface area contributed by atoms with Crippen molar-refractivity contribution in [1.82, 2.24) is 20.6 Å². The van der Waals surface area contributed by atoms with Crippen molar-refractivity contribution in [2.75, 3.05) is 27.5 Å². The molecular weight excluding hydrogens is 700 g/mol. The third-order valence-corrected chi connectivity index (χ3v) is 10.0. The van der Waals surface area contributed by atoms with E-state index in [9.17, 15) is 29.1 Å². The number of benzene rings is 2. The number of ether oxygens (including phenoxy) is 4. The minimum Gasteiger partial charge on any atom is -0.460 e. The molecule has 6 rings (SSSR count). The molecule has 3 aliphatic heterocycles. The van der Waals surface area contributed by atoms with Crippen LogP contribution in [-0.2, 0) is 56.1 Å². The lowest BCUT2D eigenvalue weighted by Crippen LogP contribution is -2.69. The van der Waals surface area contributed by atoms with E-state index in [0.717, 1.165) is 11.1 Å². The maximum absolute atomic E-state index is 14.5. The number of hydrogen-bond acceptors (Lipinski definition) is 12.